The molecule has 0 aliphatic heterocycles. The largest absolute Gasteiger partial charge is 0.464 e. The first-order chi connectivity index (χ1) is 13.5. The minimum Gasteiger partial charge on any atom is -0.464 e. The van der Waals surface area contributed by atoms with Crippen molar-refractivity contribution in [2.45, 2.75) is 32.7 Å². The van der Waals surface area contributed by atoms with Crippen molar-refractivity contribution in [2.75, 3.05) is 13.2 Å². The van der Waals surface area contributed by atoms with Gasteiger partial charge in [0.25, 0.3) is 0 Å². The van der Waals surface area contributed by atoms with E-state index in [1.54, 1.807) is 44.2 Å². The van der Waals surface area contributed by atoms with Gasteiger partial charge >= 0.3 is 11.9 Å². The zero-order chi connectivity index (χ0) is 20.5. The molecule has 0 saturated carbocycles. The second kappa shape index (κ2) is 10.2. The van der Waals surface area contributed by atoms with Crippen molar-refractivity contribution < 1.29 is 32.7 Å². The molecular weight excluding hydrogens is 369 g/mol. The summed E-state index contributed by atoms with van der Waals surface area (Å²) in [5.41, 5.74) is 0.322. The van der Waals surface area contributed by atoms with Gasteiger partial charge in [0.05, 0.1) is 18.8 Å². The zero-order valence-corrected chi connectivity index (χ0v) is 15.7. The fraction of sp³-hybridized carbons (Fsp3) is 0.350. The van der Waals surface area contributed by atoms with Crippen LogP contribution in [0.15, 0.2) is 40.8 Å². The Kier molecular flexibility index (Phi) is 7.74. The minimum atomic E-state index is -1.52. The molecule has 1 aromatic carbocycles. The molecule has 150 valence electrons. The summed E-state index contributed by atoms with van der Waals surface area (Å²) in [6.07, 6.45) is 0.165. The van der Waals surface area contributed by atoms with Crippen LogP contribution in [-0.2, 0) is 30.3 Å². The average Bonchev–Trinajstić information content (AvgIpc) is 3.14. The third kappa shape index (κ3) is 5.67. The van der Waals surface area contributed by atoms with Crippen LogP contribution in [0.3, 0.4) is 0 Å². The second-order valence-electron chi connectivity index (χ2n) is 5.75. The van der Waals surface area contributed by atoms with Crippen LogP contribution in [0.4, 0.5) is 4.39 Å². The van der Waals surface area contributed by atoms with Crippen LogP contribution in [-0.4, -0.2) is 37.1 Å². The van der Waals surface area contributed by atoms with E-state index in [4.69, 9.17) is 13.9 Å². The SMILES string of the molecule is CCOC(=O)C(NC(=O)CCc1ccc(-c2ccccc2F)o1)C(=O)OCC. The first-order valence-corrected chi connectivity index (χ1v) is 8.92. The molecule has 0 atom stereocenters. The van der Waals surface area contributed by atoms with Crippen molar-refractivity contribution in [3.05, 3.63) is 48.0 Å². The molecule has 1 aromatic heterocycles. The predicted molar refractivity (Wildman–Crippen MR) is 97.6 cm³/mol. The van der Waals surface area contributed by atoms with Crippen LogP contribution in [0.5, 0.6) is 0 Å². The quantitative estimate of drug-likeness (QED) is 0.522. The lowest BCUT2D eigenvalue weighted by Gasteiger charge is -2.15. The Balaban J connectivity index is 1.96. The summed E-state index contributed by atoms with van der Waals surface area (Å²) in [6.45, 7) is 3.31. The number of nitrogens with one attached hydrogen (secondary N) is 1. The van der Waals surface area contributed by atoms with Gasteiger partial charge in [-0.1, -0.05) is 12.1 Å². The lowest BCUT2D eigenvalue weighted by atomic mass is 10.1. The normalized spacial score (nSPS) is 10.6. The van der Waals surface area contributed by atoms with E-state index in [0.717, 1.165) is 0 Å². The van der Waals surface area contributed by atoms with Gasteiger partial charge in [0, 0.05) is 12.8 Å². The van der Waals surface area contributed by atoms with Crippen molar-refractivity contribution in [1.29, 1.82) is 0 Å². The lowest BCUT2D eigenvalue weighted by molar-refractivity contribution is -0.159. The van der Waals surface area contributed by atoms with Crippen molar-refractivity contribution in [3.63, 3.8) is 0 Å². The van der Waals surface area contributed by atoms with Gasteiger partial charge in [-0.25, -0.2) is 14.0 Å². The van der Waals surface area contributed by atoms with E-state index < -0.39 is 29.7 Å². The Bertz CT molecular complexity index is 814. The van der Waals surface area contributed by atoms with E-state index in [1.807, 2.05) is 0 Å². The third-order valence-electron chi connectivity index (χ3n) is 3.75. The number of rotatable bonds is 9. The highest BCUT2D eigenvalue weighted by molar-refractivity contribution is 6.02. The summed E-state index contributed by atoms with van der Waals surface area (Å²) in [5, 5.41) is 2.31. The highest BCUT2D eigenvalue weighted by atomic mass is 19.1. The summed E-state index contributed by atoms with van der Waals surface area (Å²) in [4.78, 5) is 35.9. The van der Waals surface area contributed by atoms with E-state index in [0.29, 0.717) is 17.1 Å². The summed E-state index contributed by atoms with van der Waals surface area (Å²) in [7, 11) is 0. The van der Waals surface area contributed by atoms with Gasteiger partial charge in [0.2, 0.25) is 11.9 Å². The number of carbonyl (C=O) groups excluding carboxylic acids is 3. The monoisotopic (exact) mass is 391 g/mol. The van der Waals surface area contributed by atoms with E-state index in [1.165, 1.54) is 6.07 Å². The molecule has 0 unspecified atom stereocenters. The van der Waals surface area contributed by atoms with Crippen molar-refractivity contribution in [1.82, 2.24) is 5.32 Å². The molecule has 2 aromatic rings. The number of aryl methyl sites for hydroxylation is 1. The van der Waals surface area contributed by atoms with Crippen LogP contribution in [0.25, 0.3) is 11.3 Å². The van der Waals surface area contributed by atoms with Gasteiger partial charge in [0.15, 0.2) is 0 Å². The Morgan fingerprint density at radius 2 is 1.68 bits per heavy atom. The molecule has 0 radical (unpaired) electrons. The Hall–Kier alpha value is -3.16. The number of ether oxygens (including phenoxy) is 2. The summed E-state index contributed by atoms with van der Waals surface area (Å²) in [6, 6.07) is 7.94. The van der Waals surface area contributed by atoms with E-state index in [2.05, 4.69) is 5.32 Å². The smallest absolute Gasteiger partial charge is 0.340 e. The fourth-order valence-corrected chi connectivity index (χ4v) is 2.45. The molecule has 1 N–H and O–H groups in total. The highest BCUT2D eigenvalue weighted by Crippen LogP contribution is 2.25. The van der Waals surface area contributed by atoms with Crippen LogP contribution >= 0.6 is 0 Å². The highest BCUT2D eigenvalue weighted by Gasteiger charge is 2.31. The molecule has 1 heterocycles. The molecule has 7 nitrogen and oxygen atoms in total. The molecule has 0 bridgehead atoms. The molecular formula is C20H22FNO6. The second-order valence-corrected chi connectivity index (χ2v) is 5.75. The summed E-state index contributed by atoms with van der Waals surface area (Å²) in [5.74, 6) is -1.90. The van der Waals surface area contributed by atoms with E-state index in [9.17, 15) is 18.8 Å². The van der Waals surface area contributed by atoms with Crippen LogP contribution in [0.1, 0.15) is 26.0 Å². The van der Waals surface area contributed by atoms with Gasteiger partial charge in [-0.3, -0.25) is 4.79 Å². The van der Waals surface area contributed by atoms with Gasteiger partial charge in [-0.05, 0) is 38.1 Å². The lowest BCUT2D eigenvalue weighted by Crippen LogP contribution is -2.48. The molecule has 0 aliphatic rings. The number of furan rings is 1. The number of halogens is 1. The van der Waals surface area contributed by atoms with Gasteiger partial charge < -0.3 is 19.2 Å². The van der Waals surface area contributed by atoms with Crippen molar-refractivity contribution in [2.24, 2.45) is 0 Å². The minimum absolute atomic E-state index is 0.0421. The van der Waals surface area contributed by atoms with Crippen LogP contribution in [0.2, 0.25) is 0 Å². The molecule has 0 aliphatic carbocycles. The number of amides is 1. The predicted octanol–water partition coefficient (Wildman–Crippen LogP) is 2.63. The van der Waals surface area contributed by atoms with Gasteiger partial charge in [-0.2, -0.15) is 0 Å². The number of hydrogen-bond donors (Lipinski definition) is 1. The topological polar surface area (TPSA) is 94.8 Å². The van der Waals surface area contributed by atoms with Crippen LogP contribution in [0, 0.1) is 5.82 Å². The maximum Gasteiger partial charge on any atom is 0.340 e. The molecule has 0 spiro atoms. The molecule has 0 fully saturated rings. The summed E-state index contributed by atoms with van der Waals surface area (Å²) < 4.78 is 29.0. The Morgan fingerprint density at radius 3 is 2.29 bits per heavy atom. The fourth-order valence-electron chi connectivity index (χ4n) is 2.45. The molecule has 1 amide bonds. The average molecular weight is 391 g/mol. The molecule has 8 heteroatoms. The standard InChI is InChI=1S/C20H22FNO6/c1-3-26-19(24)18(20(25)27-4-2)22-17(23)12-10-13-9-11-16(28-13)14-7-5-6-8-15(14)21/h5-9,11,18H,3-4,10,12H2,1-2H3,(H,22,23). The first-order valence-electron chi connectivity index (χ1n) is 8.92. The van der Waals surface area contributed by atoms with Gasteiger partial charge in [-0.15, -0.1) is 0 Å². The van der Waals surface area contributed by atoms with E-state index in [-0.39, 0.29) is 26.1 Å². The van der Waals surface area contributed by atoms with E-state index >= 15 is 0 Å². The zero-order valence-electron chi connectivity index (χ0n) is 15.7. The van der Waals surface area contributed by atoms with Crippen LogP contribution < -0.4 is 5.32 Å². The summed E-state index contributed by atoms with van der Waals surface area (Å²) >= 11 is 0. The third-order valence-corrected chi connectivity index (χ3v) is 3.75. The Morgan fingerprint density at radius 1 is 1.04 bits per heavy atom. The maximum absolute atomic E-state index is 13.8. The molecule has 2 rings (SSSR count). The Labute approximate surface area is 161 Å². The van der Waals surface area contributed by atoms with Crippen molar-refractivity contribution in [3.8, 4) is 11.3 Å². The number of hydrogen-bond acceptors (Lipinski definition) is 6. The molecule has 0 saturated heterocycles. The first kappa shape index (κ1) is 21.1. The van der Waals surface area contributed by atoms with Gasteiger partial charge in [0.1, 0.15) is 17.3 Å². The number of benzene rings is 1. The maximum atomic E-state index is 13.8. The molecule has 28 heavy (non-hydrogen) atoms. The number of carbonyl (C=O) groups is 3. The number of esters is 2. The van der Waals surface area contributed by atoms with Crippen molar-refractivity contribution >= 4 is 17.8 Å².